The summed E-state index contributed by atoms with van der Waals surface area (Å²) in [4.78, 5) is 0. The molecule has 0 saturated carbocycles. The summed E-state index contributed by atoms with van der Waals surface area (Å²) in [6.45, 7) is 1.80. The van der Waals surface area contributed by atoms with Gasteiger partial charge in [0.15, 0.2) is 0 Å². The summed E-state index contributed by atoms with van der Waals surface area (Å²) in [7, 11) is 0. The second-order valence-electron chi connectivity index (χ2n) is 3.81. The second-order valence-corrected chi connectivity index (χ2v) is 3.81. The van der Waals surface area contributed by atoms with Gasteiger partial charge in [0.05, 0.1) is 11.4 Å². The minimum atomic E-state index is 0.00996. The molecule has 0 aliphatic rings. The van der Waals surface area contributed by atoms with Crippen molar-refractivity contribution in [2.75, 3.05) is 10.8 Å². The van der Waals surface area contributed by atoms with Gasteiger partial charge < -0.3 is 10.8 Å². The molecular formula is C13H14N2O2. The van der Waals surface area contributed by atoms with Gasteiger partial charge in [0.25, 0.3) is 0 Å². The normalized spacial score (nSPS) is 10.2. The SMILES string of the molecule is Cc1cccc(O)c1N(O)c1ccccc1N. The Labute approximate surface area is 99.5 Å². The number of rotatable bonds is 2. The fourth-order valence-electron chi connectivity index (χ4n) is 1.72. The maximum Gasteiger partial charge on any atom is 0.141 e. The lowest BCUT2D eigenvalue weighted by molar-refractivity contribution is 0.296. The fourth-order valence-corrected chi connectivity index (χ4v) is 1.72. The van der Waals surface area contributed by atoms with E-state index in [9.17, 15) is 10.3 Å². The van der Waals surface area contributed by atoms with Crippen LogP contribution in [0.1, 0.15) is 5.56 Å². The highest BCUT2D eigenvalue weighted by Crippen LogP contribution is 2.36. The molecule has 0 spiro atoms. The topological polar surface area (TPSA) is 69.7 Å². The largest absolute Gasteiger partial charge is 0.506 e. The number of para-hydroxylation sites is 3. The van der Waals surface area contributed by atoms with E-state index >= 15 is 0 Å². The number of aromatic hydroxyl groups is 1. The van der Waals surface area contributed by atoms with E-state index in [4.69, 9.17) is 5.73 Å². The molecule has 0 aromatic heterocycles. The second kappa shape index (κ2) is 4.35. The first-order valence-corrected chi connectivity index (χ1v) is 5.23. The van der Waals surface area contributed by atoms with Gasteiger partial charge in [-0.05, 0) is 30.7 Å². The predicted octanol–water partition coefficient (Wildman–Crippen LogP) is 2.81. The molecule has 0 amide bonds. The predicted molar refractivity (Wildman–Crippen MR) is 67.6 cm³/mol. The fraction of sp³-hybridized carbons (Fsp3) is 0.0769. The Morgan fingerprint density at radius 1 is 1.06 bits per heavy atom. The quantitative estimate of drug-likeness (QED) is 0.548. The van der Waals surface area contributed by atoms with Crippen LogP contribution in [-0.4, -0.2) is 10.3 Å². The van der Waals surface area contributed by atoms with Crippen LogP contribution in [-0.2, 0) is 0 Å². The van der Waals surface area contributed by atoms with E-state index in [1.165, 1.54) is 6.07 Å². The molecule has 4 N–H and O–H groups in total. The zero-order valence-corrected chi connectivity index (χ0v) is 9.46. The molecule has 88 valence electrons. The van der Waals surface area contributed by atoms with Gasteiger partial charge in [-0.25, -0.2) is 5.06 Å². The van der Waals surface area contributed by atoms with E-state index in [0.29, 0.717) is 17.1 Å². The molecule has 0 heterocycles. The molecule has 0 saturated heterocycles. The lowest BCUT2D eigenvalue weighted by Gasteiger charge is -2.21. The number of nitrogens with two attached hydrogens (primary N) is 1. The van der Waals surface area contributed by atoms with Gasteiger partial charge in [-0.15, -0.1) is 0 Å². The maximum absolute atomic E-state index is 10.1. The van der Waals surface area contributed by atoms with Gasteiger partial charge in [-0.1, -0.05) is 24.3 Å². The van der Waals surface area contributed by atoms with E-state index in [2.05, 4.69) is 0 Å². The third-order valence-corrected chi connectivity index (χ3v) is 2.59. The minimum absolute atomic E-state index is 0.00996. The van der Waals surface area contributed by atoms with E-state index in [1.54, 1.807) is 43.3 Å². The highest BCUT2D eigenvalue weighted by Gasteiger charge is 2.15. The number of nitrogens with zero attached hydrogens (tertiary/aromatic N) is 1. The Hall–Kier alpha value is -2.20. The number of aryl methyl sites for hydroxylation is 1. The summed E-state index contributed by atoms with van der Waals surface area (Å²) in [5.41, 5.74) is 7.76. The molecule has 0 aliphatic carbocycles. The molecular weight excluding hydrogens is 216 g/mol. The molecule has 0 aliphatic heterocycles. The first-order valence-electron chi connectivity index (χ1n) is 5.23. The van der Waals surface area contributed by atoms with Crippen LogP contribution in [0.25, 0.3) is 0 Å². The van der Waals surface area contributed by atoms with Gasteiger partial charge in [0.1, 0.15) is 11.4 Å². The highest BCUT2D eigenvalue weighted by molar-refractivity contribution is 5.76. The highest BCUT2D eigenvalue weighted by atomic mass is 16.5. The number of anilines is 3. The lowest BCUT2D eigenvalue weighted by Crippen LogP contribution is -2.13. The van der Waals surface area contributed by atoms with Crippen LogP contribution in [0.5, 0.6) is 5.75 Å². The summed E-state index contributed by atoms with van der Waals surface area (Å²) in [5.74, 6) is 0.00996. The van der Waals surface area contributed by atoms with Crippen molar-refractivity contribution in [3.63, 3.8) is 0 Å². The molecule has 2 rings (SSSR count). The first kappa shape index (κ1) is 11.3. The van der Waals surface area contributed by atoms with Crippen molar-refractivity contribution in [3.8, 4) is 5.75 Å². The number of hydrogen-bond donors (Lipinski definition) is 3. The van der Waals surface area contributed by atoms with Crippen molar-refractivity contribution in [2.24, 2.45) is 0 Å². The average Bonchev–Trinajstić information content (AvgIpc) is 2.29. The lowest BCUT2D eigenvalue weighted by atomic mass is 10.1. The van der Waals surface area contributed by atoms with Crippen molar-refractivity contribution < 1.29 is 10.3 Å². The third-order valence-electron chi connectivity index (χ3n) is 2.59. The molecule has 2 aromatic carbocycles. The van der Waals surface area contributed by atoms with Gasteiger partial charge in [0.2, 0.25) is 0 Å². The van der Waals surface area contributed by atoms with Crippen LogP contribution in [0.15, 0.2) is 42.5 Å². The molecule has 0 atom stereocenters. The summed E-state index contributed by atoms with van der Waals surface area (Å²) in [6, 6.07) is 12.0. The Morgan fingerprint density at radius 2 is 1.76 bits per heavy atom. The first-order chi connectivity index (χ1) is 8.11. The zero-order chi connectivity index (χ0) is 12.4. The van der Waals surface area contributed by atoms with Crippen molar-refractivity contribution in [1.29, 1.82) is 0 Å². The van der Waals surface area contributed by atoms with E-state index in [0.717, 1.165) is 10.6 Å². The van der Waals surface area contributed by atoms with E-state index in [-0.39, 0.29) is 5.75 Å². The zero-order valence-electron chi connectivity index (χ0n) is 9.46. The van der Waals surface area contributed by atoms with Crippen LogP contribution < -0.4 is 10.8 Å². The number of hydrogen-bond acceptors (Lipinski definition) is 4. The molecule has 0 bridgehead atoms. The monoisotopic (exact) mass is 230 g/mol. The van der Waals surface area contributed by atoms with Gasteiger partial charge in [0, 0.05) is 0 Å². The Morgan fingerprint density at radius 3 is 2.41 bits per heavy atom. The molecule has 0 fully saturated rings. The van der Waals surface area contributed by atoms with Crippen LogP contribution in [0.4, 0.5) is 17.1 Å². The Balaban J connectivity index is 2.51. The molecule has 4 heteroatoms. The van der Waals surface area contributed by atoms with Gasteiger partial charge >= 0.3 is 0 Å². The summed E-state index contributed by atoms with van der Waals surface area (Å²) in [6.07, 6.45) is 0. The van der Waals surface area contributed by atoms with Crippen molar-refractivity contribution in [1.82, 2.24) is 0 Å². The summed E-state index contributed by atoms with van der Waals surface area (Å²) < 4.78 is 0. The molecule has 17 heavy (non-hydrogen) atoms. The van der Waals surface area contributed by atoms with Crippen molar-refractivity contribution in [2.45, 2.75) is 6.92 Å². The molecule has 2 aromatic rings. The number of benzene rings is 2. The standard InChI is InChI=1S/C13H14N2O2/c1-9-5-4-8-12(16)13(9)15(17)11-7-3-2-6-10(11)14/h2-8,16-17H,14H2,1H3. The van der Waals surface area contributed by atoms with Crippen LogP contribution in [0.2, 0.25) is 0 Å². The van der Waals surface area contributed by atoms with Crippen LogP contribution in [0, 0.1) is 6.92 Å². The molecule has 0 radical (unpaired) electrons. The average molecular weight is 230 g/mol. The van der Waals surface area contributed by atoms with Crippen molar-refractivity contribution >= 4 is 17.1 Å². The minimum Gasteiger partial charge on any atom is -0.506 e. The van der Waals surface area contributed by atoms with Crippen molar-refractivity contribution in [3.05, 3.63) is 48.0 Å². The van der Waals surface area contributed by atoms with Gasteiger partial charge in [-0.2, -0.15) is 0 Å². The Bertz CT molecular complexity index is 520. The smallest absolute Gasteiger partial charge is 0.141 e. The maximum atomic E-state index is 10.1. The van der Waals surface area contributed by atoms with Gasteiger partial charge in [-0.3, -0.25) is 5.21 Å². The summed E-state index contributed by atoms with van der Waals surface area (Å²) in [5, 5.41) is 20.8. The number of nitrogen functional groups attached to an aromatic ring is 1. The molecule has 4 nitrogen and oxygen atoms in total. The molecule has 0 unspecified atom stereocenters. The van der Waals surface area contributed by atoms with E-state index in [1.807, 2.05) is 0 Å². The summed E-state index contributed by atoms with van der Waals surface area (Å²) >= 11 is 0. The number of phenols is 1. The third kappa shape index (κ3) is 2.03. The van der Waals surface area contributed by atoms with Crippen LogP contribution >= 0.6 is 0 Å². The van der Waals surface area contributed by atoms with E-state index < -0.39 is 0 Å². The number of phenolic OH excluding ortho intramolecular Hbond substituents is 1. The Kier molecular flexibility index (Phi) is 2.89. The van der Waals surface area contributed by atoms with Crippen LogP contribution in [0.3, 0.4) is 0 Å².